The standard InChI is InChI=1S/C17H18N2O4/c1-11-5-4-6-12(2)17(11)18-16(20)10-23-15-8-7-14(19(21)22)9-13(15)3/h4-9H,10H2,1-3H3,(H,18,20). The van der Waals surface area contributed by atoms with Crippen molar-refractivity contribution >= 4 is 17.3 Å². The van der Waals surface area contributed by atoms with Gasteiger partial charge in [0.25, 0.3) is 11.6 Å². The molecule has 6 heteroatoms. The summed E-state index contributed by atoms with van der Waals surface area (Å²) < 4.78 is 5.45. The first-order valence-electron chi connectivity index (χ1n) is 7.12. The molecule has 1 N–H and O–H groups in total. The average molecular weight is 314 g/mol. The number of nitro benzene ring substituents is 1. The van der Waals surface area contributed by atoms with Crippen molar-refractivity contribution in [1.82, 2.24) is 0 Å². The van der Waals surface area contributed by atoms with Gasteiger partial charge in [-0.15, -0.1) is 0 Å². The van der Waals surface area contributed by atoms with Gasteiger partial charge in [0, 0.05) is 17.8 Å². The Kier molecular flexibility index (Phi) is 4.95. The van der Waals surface area contributed by atoms with Gasteiger partial charge >= 0.3 is 0 Å². The summed E-state index contributed by atoms with van der Waals surface area (Å²) in [6.07, 6.45) is 0. The summed E-state index contributed by atoms with van der Waals surface area (Å²) in [5.74, 6) is 0.174. The third-order valence-electron chi connectivity index (χ3n) is 3.47. The SMILES string of the molecule is Cc1cc([N+](=O)[O-])ccc1OCC(=O)Nc1c(C)cccc1C. The lowest BCUT2D eigenvalue weighted by atomic mass is 10.1. The maximum atomic E-state index is 12.0. The molecule has 0 fully saturated rings. The molecule has 6 nitrogen and oxygen atoms in total. The first kappa shape index (κ1) is 16.5. The van der Waals surface area contributed by atoms with E-state index in [1.165, 1.54) is 18.2 Å². The molecule has 0 heterocycles. The number of nitrogens with zero attached hydrogens (tertiary/aromatic N) is 1. The average Bonchev–Trinajstić information content (AvgIpc) is 2.49. The Labute approximate surface area is 134 Å². The Morgan fingerprint density at radius 3 is 2.35 bits per heavy atom. The molecule has 0 radical (unpaired) electrons. The highest BCUT2D eigenvalue weighted by Gasteiger charge is 2.11. The smallest absolute Gasteiger partial charge is 0.269 e. The topological polar surface area (TPSA) is 81.5 Å². The summed E-state index contributed by atoms with van der Waals surface area (Å²) in [6.45, 7) is 5.38. The van der Waals surface area contributed by atoms with E-state index in [1.54, 1.807) is 6.92 Å². The highest BCUT2D eigenvalue weighted by molar-refractivity contribution is 5.93. The molecule has 0 spiro atoms. The normalized spacial score (nSPS) is 10.2. The summed E-state index contributed by atoms with van der Waals surface area (Å²) in [5.41, 5.74) is 3.34. The van der Waals surface area contributed by atoms with E-state index in [0.717, 1.165) is 16.8 Å². The number of rotatable bonds is 5. The molecule has 0 aromatic heterocycles. The fraction of sp³-hybridized carbons (Fsp3) is 0.235. The molecule has 23 heavy (non-hydrogen) atoms. The van der Waals surface area contributed by atoms with Gasteiger partial charge in [0.2, 0.25) is 0 Å². The Hall–Kier alpha value is -2.89. The molecule has 0 saturated heterocycles. The van der Waals surface area contributed by atoms with Crippen LogP contribution in [0, 0.1) is 30.9 Å². The molecule has 0 aliphatic heterocycles. The maximum Gasteiger partial charge on any atom is 0.269 e. The van der Waals surface area contributed by atoms with E-state index in [-0.39, 0.29) is 18.2 Å². The highest BCUT2D eigenvalue weighted by atomic mass is 16.6. The molecular weight excluding hydrogens is 296 g/mol. The summed E-state index contributed by atoms with van der Waals surface area (Å²) in [7, 11) is 0. The monoisotopic (exact) mass is 314 g/mol. The summed E-state index contributed by atoms with van der Waals surface area (Å²) >= 11 is 0. The molecule has 2 aromatic carbocycles. The Morgan fingerprint density at radius 1 is 1.13 bits per heavy atom. The molecule has 0 aliphatic carbocycles. The van der Waals surface area contributed by atoms with Gasteiger partial charge in [0.1, 0.15) is 5.75 Å². The molecule has 0 unspecified atom stereocenters. The number of nitro groups is 1. The largest absolute Gasteiger partial charge is 0.483 e. The predicted octanol–water partition coefficient (Wildman–Crippen LogP) is 3.54. The summed E-state index contributed by atoms with van der Waals surface area (Å²) in [5, 5.41) is 13.5. The van der Waals surface area contributed by atoms with Crippen LogP contribution in [0.15, 0.2) is 36.4 Å². The number of non-ortho nitro benzene ring substituents is 1. The Balaban J connectivity index is 2.01. The van der Waals surface area contributed by atoms with E-state index in [0.29, 0.717) is 11.3 Å². The molecule has 2 rings (SSSR count). The first-order valence-corrected chi connectivity index (χ1v) is 7.12. The quantitative estimate of drug-likeness (QED) is 0.676. The zero-order valence-corrected chi connectivity index (χ0v) is 13.3. The molecule has 120 valence electrons. The number of ether oxygens (including phenoxy) is 1. The molecule has 0 saturated carbocycles. The summed E-state index contributed by atoms with van der Waals surface area (Å²) in [4.78, 5) is 22.3. The van der Waals surface area contributed by atoms with Gasteiger partial charge in [0.15, 0.2) is 6.61 Å². The van der Waals surface area contributed by atoms with E-state index in [4.69, 9.17) is 4.74 Å². The lowest BCUT2D eigenvalue weighted by Crippen LogP contribution is -2.21. The number of anilines is 1. The third kappa shape index (κ3) is 4.06. The van der Waals surface area contributed by atoms with E-state index in [1.807, 2.05) is 32.0 Å². The number of para-hydroxylation sites is 1. The third-order valence-corrected chi connectivity index (χ3v) is 3.47. The molecular formula is C17H18N2O4. The van der Waals surface area contributed by atoms with E-state index in [2.05, 4.69) is 5.32 Å². The minimum absolute atomic E-state index is 0.00478. The number of amides is 1. The van der Waals surface area contributed by atoms with Gasteiger partial charge in [-0.25, -0.2) is 0 Å². The van der Waals surface area contributed by atoms with Crippen molar-refractivity contribution < 1.29 is 14.5 Å². The minimum Gasteiger partial charge on any atom is -0.483 e. The van der Waals surface area contributed by atoms with Crippen LogP contribution in [0.5, 0.6) is 5.75 Å². The Bertz CT molecular complexity index is 736. The second-order valence-electron chi connectivity index (χ2n) is 5.31. The lowest BCUT2D eigenvalue weighted by Gasteiger charge is -2.12. The van der Waals surface area contributed by atoms with Crippen LogP contribution in [-0.2, 0) is 4.79 Å². The maximum absolute atomic E-state index is 12.0. The van der Waals surface area contributed by atoms with Gasteiger partial charge in [-0.1, -0.05) is 18.2 Å². The Morgan fingerprint density at radius 2 is 1.78 bits per heavy atom. The number of carbonyl (C=O) groups excluding carboxylic acids is 1. The number of benzene rings is 2. The zero-order valence-electron chi connectivity index (χ0n) is 13.3. The highest BCUT2D eigenvalue weighted by Crippen LogP contribution is 2.23. The van der Waals surface area contributed by atoms with Crippen molar-refractivity contribution in [3.8, 4) is 5.75 Å². The number of nitrogens with one attached hydrogen (secondary N) is 1. The zero-order chi connectivity index (χ0) is 17.0. The van der Waals surface area contributed by atoms with E-state index < -0.39 is 4.92 Å². The van der Waals surface area contributed by atoms with Gasteiger partial charge in [-0.3, -0.25) is 14.9 Å². The fourth-order valence-electron chi connectivity index (χ4n) is 2.24. The lowest BCUT2D eigenvalue weighted by molar-refractivity contribution is -0.384. The van der Waals surface area contributed by atoms with Gasteiger partial charge < -0.3 is 10.1 Å². The second kappa shape index (κ2) is 6.91. The van der Waals surface area contributed by atoms with Crippen LogP contribution in [0.1, 0.15) is 16.7 Å². The fourth-order valence-corrected chi connectivity index (χ4v) is 2.24. The number of carbonyl (C=O) groups is 1. The molecule has 0 atom stereocenters. The van der Waals surface area contributed by atoms with Crippen molar-refractivity contribution in [2.24, 2.45) is 0 Å². The van der Waals surface area contributed by atoms with Crippen molar-refractivity contribution in [2.75, 3.05) is 11.9 Å². The number of hydrogen-bond donors (Lipinski definition) is 1. The van der Waals surface area contributed by atoms with Crippen LogP contribution in [0.25, 0.3) is 0 Å². The number of hydrogen-bond acceptors (Lipinski definition) is 4. The van der Waals surface area contributed by atoms with Crippen LogP contribution in [0.2, 0.25) is 0 Å². The molecule has 2 aromatic rings. The molecule has 0 bridgehead atoms. The van der Waals surface area contributed by atoms with Crippen molar-refractivity contribution in [1.29, 1.82) is 0 Å². The van der Waals surface area contributed by atoms with Gasteiger partial charge in [-0.05, 0) is 43.5 Å². The number of aryl methyl sites for hydroxylation is 3. The van der Waals surface area contributed by atoms with Crippen molar-refractivity contribution in [2.45, 2.75) is 20.8 Å². The van der Waals surface area contributed by atoms with E-state index in [9.17, 15) is 14.9 Å². The predicted molar refractivity (Wildman–Crippen MR) is 87.9 cm³/mol. The van der Waals surface area contributed by atoms with Crippen LogP contribution in [0.4, 0.5) is 11.4 Å². The molecule has 1 amide bonds. The second-order valence-corrected chi connectivity index (χ2v) is 5.31. The van der Waals surface area contributed by atoms with Crippen molar-refractivity contribution in [3.63, 3.8) is 0 Å². The van der Waals surface area contributed by atoms with Crippen molar-refractivity contribution in [3.05, 3.63) is 63.2 Å². The van der Waals surface area contributed by atoms with Gasteiger partial charge in [-0.2, -0.15) is 0 Å². The summed E-state index contributed by atoms with van der Waals surface area (Å²) in [6, 6.07) is 10.0. The van der Waals surface area contributed by atoms with E-state index >= 15 is 0 Å². The first-order chi connectivity index (χ1) is 10.9. The minimum atomic E-state index is -0.468. The van der Waals surface area contributed by atoms with Crippen LogP contribution in [0.3, 0.4) is 0 Å². The van der Waals surface area contributed by atoms with Crippen LogP contribution in [-0.4, -0.2) is 17.4 Å². The molecule has 0 aliphatic rings. The van der Waals surface area contributed by atoms with Gasteiger partial charge in [0.05, 0.1) is 4.92 Å². The van der Waals surface area contributed by atoms with Crippen LogP contribution >= 0.6 is 0 Å². The van der Waals surface area contributed by atoms with Crippen LogP contribution < -0.4 is 10.1 Å².